The molecule has 0 saturated carbocycles. The summed E-state index contributed by atoms with van der Waals surface area (Å²) in [6.07, 6.45) is 0.0536. The van der Waals surface area contributed by atoms with Gasteiger partial charge in [-0.3, -0.25) is 0 Å². The maximum Gasteiger partial charge on any atom is 0.167 e. The second kappa shape index (κ2) is 6.60. The molecular weight excluding hydrogens is 307 g/mol. The summed E-state index contributed by atoms with van der Waals surface area (Å²) < 4.78 is 19.7. The van der Waals surface area contributed by atoms with Crippen molar-refractivity contribution in [2.24, 2.45) is 0 Å². The lowest BCUT2D eigenvalue weighted by molar-refractivity contribution is -0.135. The summed E-state index contributed by atoms with van der Waals surface area (Å²) in [5.74, 6) is 0. The fourth-order valence-electron chi connectivity index (χ4n) is 2.06. The predicted octanol–water partition coefficient (Wildman–Crippen LogP) is 3.52. The van der Waals surface area contributed by atoms with E-state index in [4.69, 9.17) is 4.74 Å². The number of rotatable bonds is 6. The van der Waals surface area contributed by atoms with Crippen molar-refractivity contribution < 1.29 is 14.4 Å². The Morgan fingerprint density at radius 3 is 1.61 bits per heavy atom. The van der Waals surface area contributed by atoms with E-state index in [1.165, 1.54) is 0 Å². The Kier molecular flexibility index (Phi) is 5.15. The molecule has 0 aliphatic rings. The van der Waals surface area contributed by atoms with Gasteiger partial charge < -0.3 is 14.4 Å². The van der Waals surface area contributed by atoms with Crippen molar-refractivity contribution in [3.8, 4) is 0 Å². The van der Waals surface area contributed by atoms with Gasteiger partial charge in [0.2, 0.25) is 0 Å². The molecular formula is C19H25O3P. The minimum Gasteiger partial charge on any atom is -0.387 e. The molecule has 23 heavy (non-hydrogen) atoms. The normalized spacial score (nSPS) is 13.1. The third-order valence-electron chi connectivity index (χ3n) is 4.43. The van der Waals surface area contributed by atoms with Gasteiger partial charge in [0.1, 0.15) is 6.35 Å². The van der Waals surface area contributed by atoms with Gasteiger partial charge in [-0.2, -0.15) is 0 Å². The van der Waals surface area contributed by atoms with Crippen molar-refractivity contribution >= 4 is 17.8 Å². The van der Waals surface area contributed by atoms with Crippen LogP contribution in [0.3, 0.4) is 0 Å². The van der Waals surface area contributed by atoms with Gasteiger partial charge >= 0.3 is 0 Å². The molecule has 0 radical (unpaired) electrons. The molecule has 2 aromatic carbocycles. The molecule has 0 aliphatic carbocycles. The van der Waals surface area contributed by atoms with E-state index < -0.39 is 18.3 Å². The van der Waals surface area contributed by atoms with Crippen molar-refractivity contribution in [3.63, 3.8) is 0 Å². The van der Waals surface area contributed by atoms with Gasteiger partial charge in [-0.1, -0.05) is 60.7 Å². The molecule has 0 atom stereocenters. The predicted molar refractivity (Wildman–Crippen MR) is 96.1 cm³/mol. The molecule has 4 heteroatoms. The van der Waals surface area contributed by atoms with Crippen molar-refractivity contribution in [2.45, 2.75) is 38.9 Å². The minimum absolute atomic E-state index is 0.0536. The monoisotopic (exact) mass is 332 g/mol. The summed E-state index contributed by atoms with van der Waals surface area (Å²) in [5, 5.41) is 11.8. The highest BCUT2D eigenvalue weighted by Gasteiger charge is 2.39. The molecule has 3 nitrogen and oxygen atoms in total. The maximum absolute atomic E-state index is 13.8. The highest BCUT2D eigenvalue weighted by molar-refractivity contribution is 7.78. The van der Waals surface area contributed by atoms with E-state index in [0.29, 0.717) is 0 Å². The number of benzene rings is 2. The fraction of sp³-hybridized carbons (Fsp3) is 0.368. The van der Waals surface area contributed by atoms with Crippen molar-refractivity contribution in [1.29, 1.82) is 0 Å². The lowest BCUT2D eigenvalue weighted by Crippen LogP contribution is -2.47. The average molecular weight is 332 g/mol. The van der Waals surface area contributed by atoms with Gasteiger partial charge in [-0.15, -0.1) is 0 Å². The van der Waals surface area contributed by atoms with Crippen LogP contribution in [0, 0.1) is 0 Å². The molecule has 0 amide bonds. The quantitative estimate of drug-likeness (QED) is 0.823. The summed E-state index contributed by atoms with van der Waals surface area (Å²) in [7, 11) is -2.92. The first-order chi connectivity index (χ1) is 10.7. The number of ether oxygens (including phenoxy) is 1. The lowest BCUT2D eigenvalue weighted by Gasteiger charge is -2.38. The Morgan fingerprint density at radius 2 is 1.26 bits per heavy atom. The van der Waals surface area contributed by atoms with E-state index in [2.05, 4.69) is 0 Å². The van der Waals surface area contributed by atoms with Crippen molar-refractivity contribution in [2.75, 3.05) is 6.35 Å². The van der Waals surface area contributed by atoms with Gasteiger partial charge in [-0.05, 0) is 27.7 Å². The Labute approximate surface area is 138 Å². The van der Waals surface area contributed by atoms with Crippen molar-refractivity contribution in [1.82, 2.24) is 0 Å². The molecule has 0 heterocycles. The van der Waals surface area contributed by atoms with Crippen molar-refractivity contribution in [3.05, 3.63) is 60.7 Å². The van der Waals surface area contributed by atoms with Gasteiger partial charge in [0.05, 0.1) is 11.2 Å². The molecule has 124 valence electrons. The molecule has 0 spiro atoms. The van der Waals surface area contributed by atoms with E-state index in [9.17, 15) is 9.67 Å². The van der Waals surface area contributed by atoms with Crippen LogP contribution in [0.2, 0.25) is 0 Å². The smallest absolute Gasteiger partial charge is 0.167 e. The minimum atomic E-state index is -2.92. The van der Waals surface area contributed by atoms with Crippen LogP contribution in [0.25, 0.3) is 0 Å². The summed E-state index contributed by atoms with van der Waals surface area (Å²) in [4.78, 5) is 0. The van der Waals surface area contributed by atoms with E-state index in [1.807, 2.05) is 74.5 Å². The molecule has 0 aromatic heterocycles. The molecule has 0 aliphatic heterocycles. The molecule has 0 bridgehead atoms. The summed E-state index contributed by atoms with van der Waals surface area (Å²) >= 11 is 0. The Hall–Kier alpha value is -1.41. The molecule has 0 saturated heterocycles. The molecule has 2 aromatic rings. The zero-order valence-electron chi connectivity index (χ0n) is 14.2. The van der Waals surface area contributed by atoms with Crippen LogP contribution in [0.15, 0.2) is 60.7 Å². The first-order valence-corrected chi connectivity index (χ1v) is 9.63. The SMILES string of the molecule is CC(C)(O)C(C)(C)OCP(=O)(c1ccccc1)c1ccccc1. The van der Waals surface area contributed by atoms with Crippen LogP contribution < -0.4 is 10.6 Å². The van der Waals surface area contributed by atoms with E-state index in [0.717, 1.165) is 10.6 Å². The first kappa shape index (κ1) is 17.9. The first-order valence-electron chi connectivity index (χ1n) is 7.73. The standard InChI is InChI=1S/C19H25O3P/c1-18(2,20)19(3,4)22-15-23(21,16-11-7-5-8-12-16)17-13-9-6-10-14-17/h5-14,20H,15H2,1-4H3. The van der Waals surface area contributed by atoms with Crippen LogP contribution in [0.4, 0.5) is 0 Å². The summed E-state index contributed by atoms with van der Waals surface area (Å²) in [5.41, 5.74) is -1.85. The lowest BCUT2D eigenvalue weighted by atomic mass is 9.90. The van der Waals surface area contributed by atoms with Crippen LogP contribution >= 0.6 is 7.14 Å². The second-order valence-corrected chi connectivity index (χ2v) is 9.52. The molecule has 0 fully saturated rings. The Balaban J connectivity index is 2.39. The summed E-state index contributed by atoms with van der Waals surface area (Å²) in [6.45, 7) is 7.02. The van der Waals surface area contributed by atoms with Gasteiger partial charge in [0.25, 0.3) is 0 Å². The highest BCUT2D eigenvalue weighted by atomic mass is 31.2. The number of aliphatic hydroxyl groups is 1. The largest absolute Gasteiger partial charge is 0.387 e. The number of hydrogen-bond donors (Lipinski definition) is 1. The van der Waals surface area contributed by atoms with Crippen LogP contribution in [-0.4, -0.2) is 22.7 Å². The maximum atomic E-state index is 13.8. The Bertz CT molecular complexity index is 629. The molecule has 1 N–H and O–H groups in total. The second-order valence-electron chi connectivity index (χ2n) is 6.75. The van der Waals surface area contributed by atoms with Crippen LogP contribution in [0.5, 0.6) is 0 Å². The van der Waals surface area contributed by atoms with E-state index in [1.54, 1.807) is 13.8 Å². The highest BCUT2D eigenvalue weighted by Crippen LogP contribution is 2.45. The van der Waals surface area contributed by atoms with Crippen LogP contribution in [-0.2, 0) is 9.30 Å². The van der Waals surface area contributed by atoms with Gasteiger partial charge in [0.15, 0.2) is 7.14 Å². The molecule has 0 unspecified atom stereocenters. The fourth-order valence-corrected chi connectivity index (χ4v) is 4.47. The summed E-state index contributed by atoms with van der Waals surface area (Å²) in [6, 6.07) is 18.8. The van der Waals surface area contributed by atoms with E-state index in [-0.39, 0.29) is 6.35 Å². The third-order valence-corrected chi connectivity index (χ3v) is 7.18. The van der Waals surface area contributed by atoms with Gasteiger partial charge in [0, 0.05) is 10.6 Å². The van der Waals surface area contributed by atoms with E-state index >= 15 is 0 Å². The molecule has 2 rings (SSSR count). The Morgan fingerprint density at radius 1 is 0.870 bits per heavy atom. The zero-order valence-corrected chi connectivity index (χ0v) is 15.1. The average Bonchev–Trinajstić information content (AvgIpc) is 2.53. The topological polar surface area (TPSA) is 46.5 Å². The number of hydrogen-bond acceptors (Lipinski definition) is 3. The van der Waals surface area contributed by atoms with Gasteiger partial charge in [-0.25, -0.2) is 0 Å². The zero-order chi connectivity index (χ0) is 17.1. The third kappa shape index (κ3) is 3.92. The van der Waals surface area contributed by atoms with Crippen LogP contribution in [0.1, 0.15) is 27.7 Å².